The van der Waals surface area contributed by atoms with Gasteiger partial charge in [0, 0.05) is 12.6 Å². The Labute approximate surface area is 127 Å². The summed E-state index contributed by atoms with van der Waals surface area (Å²) in [6.45, 7) is 4.83. The molecule has 2 unspecified atom stereocenters. The predicted molar refractivity (Wildman–Crippen MR) is 82.7 cm³/mol. The third-order valence-electron chi connectivity index (χ3n) is 4.10. The Morgan fingerprint density at radius 1 is 1.29 bits per heavy atom. The minimum Gasteiger partial charge on any atom is -0.497 e. The molecule has 0 radical (unpaired) electrons. The van der Waals surface area contributed by atoms with Gasteiger partial charge >= 0.3 is 0 Å². The average molecular weight is 291 g/mol. The van der Waals surface area contributed by atoms with Crippen LogP contribution in [0.15, 0.2) is 24.3 Å². The van der Waals surface area contributed by atoms with E-state index in [2.05, 4.69) is 6.92 Å². The quantitative estimate of drug-likeness (QED) is 0.836. The predicted octanol–water partition coefficient (Wildman–Crippen LogP) is 3.25. The van der Waals surface area contributed by atoms with Gasteiger partial charge in [0.2, 0.25) is 0 Å². The van der Waals surface area contributed by atoms with Crippen LogP contribution in [-0.4, -0.2) is 36.6 Å². The molecule has 0 saturated carbocycles. The molecule has 2 atom stereocenters. The summed E-state index contributed by atoms with van der Waals surface area (Å²) in [6.07, 6.45) is 3.98. The van der Waals surface area contributed by atoms with Crippen molar-refractivity contribution in [3.05, 3.63) is 24.3 Å². The second-order valence-corrected chi connectivity index (χ2v) is 5.53. The molecule has 1 fully saturated rings. The first kappa shape index (κ1) is 15.7. The van der Waals surface area contributed by atoms with Crippen molar-refractivity contribution in [1.29, 1.82) is 0 Å². The fourth-order valence-corrected chi connectivity index (χ4v) is 2.86. The molecule has 0 spiro atoms. The summed E-state index contributed by atoms with van der Waals surface area (Å²) in [5, 5.41) is 0. The number of piperidine rings is 1. The number of amides is 1. The third-order valence-corrected chi connectivity index (χ3v) is 4.10. The largest absolute Gasteiger partial charge is 0.497 e. The summed E-state index contributed by atoms with van der Waals surface area (Å²) < 4.78 is 10.9. The van der Waals surface area contributed by atoms with Gasteiger partial charge in [-0.1, -0.05) is 6.92 Å². The normalized spacial score (nSPS) is 20.0. The van der Waals surface area contributed by atoms with E-state index in [0.29, 0.717) is 11.8 Å². The molecule has 1 amide bonds. The Morgan fingerprint density at radius 2 is 1.95 bits per heavy atom. The fourth-order valence-electron chi connectivity index (χ4n) is 2.86. The topological polar surface area (TPSA) is 38.8 Å². The van der Waals surface area contributed by atoms with Gasteiger partial charge in [-0.05, 0) is 56.9 Å². The number of methoxy groups -OCH3 is 1. The number of hydrogen-bond donors (Lipinski definition) is 0. The first-order valence-electron chi connectivity index (χ1n) is 7.77. The summed E-state index contributed by atoms with van der Waals surface area (Å²) in [5.41, 5.74) is 0. The van der Waals surface area contributed by atoms with E-state index < -0.39 is 6.10 Å². The zero-order chi connectivity index (χ0) is 15.2. The summed E-state index contributed by atoms with van der Waals surface area (Å²) in [6, 6.07) is 7.70. The molecule has 4 nitrogen and oxygen atoms in total. The fraction of sp³-hybridized carbons (Fsp3) is 0.588. The first-order chi connectivity index (χ1) is 10.2. The second kappa shape index (κ2) is 7.34. The van der Waals surface area contributed by atoms with Crippen molar-refractivity contribution in [2.24, 2.45) is 0 Å². The van der Waals surface area contributed by atoms with Crippen LogP contribution in [0.2, 0.25) is 0 Å². The lowest BCUT2D eigenvalue weighted by Crippen LogP contribution is -2.48. The van der Waals surface area contributed by atoms with Crippen LogP contribution in [0.3, 0.4) is 0 Å². The minimum atomic E-state index is -0.453. The van der Waals surface area contributed by atoms with Gasteiger partial charge in [0.15, 0.2) is 6.10 Å². The van der Waals surface area contributed by atoms with Gasteiger partial charge in [0.25, 0.3) is 5.91 Å². The number of carbonyl (C=O) groups excluding carboxylic acids is 1. The Balaban J connectivity index is 1.97. The number of hydrogen-bond acceptors (Lipinski definition) is 3. The van der Waals surface area contributed by atoms with E-state index >= 15 is 0 Å². The zero-order valence-electron chi connectivity index (χ0n) is 13.2. The summed E-state index contributed by atoms with van der Waals surface area (Å²) in [7, 11) is 1.63. The van der Waals surface area contributed by atoms with Gasteiger partial charge in [-0.15, -0.1) is 0 Å². The standard InChI is InChI=1S/C17H25NO3/c1-4-14-7-5-6-12-18(14)17(19)13(2)21-16-10-8-15(20-3)9-11-16/h8-11,13-14H,4-7,12H2,1-3H3. The molecule has 1 heterocycles. The van der Waals surface area contributed by atoms with Crippen LogP contribution < -0.4 is 9.47 Å². The van der Waals surface area contributed by atoms with Gasteiger partial charge < -0.3 is 14.4 Å². The highest BCUT2D eigenvalue weighted by molar-refractivity contribution is 5.81. The van der Waals surface area contributed by atoms with Crippen LogP contribution >= 0.6 is 0 Å². The van der Waals surface area contributed by atoms with Gasteiger partial charge in [-0.3, -0.25) is 4.79 Å². The lowest BCUT2D eigenvalue weighted by molar-refractivity contribution is -0.141. The van der Waals surface area contributed by atoms with Gasteiger partial charge in [-0.2, -0.15) is 0 Å². The molecule has 0 bridgehead atoms. The molecule has 1 aliphatic rings. The smallest absolute Gasteiger partial charge is 0.263 e. The average Bonchev–Trinajstić information content (AvgIpc) is 2.54. The zero-order valence-corrected chi connectivity index (χ0v) is 13.2. The number of ether oxygens (including phenoxy) is 2. The molecule has 2 rings (SSSR count). The Kier molecular flexibility index (Phi) is 5.48. The Morgan fingerprint density at radius 3 is 2.57 bits per heavy atom. The van der Waals surface area contributed by atoms with E-state index in [-0.39, 0.29) is 5.91 Å². The summed E-state index contributed by atoms with van der Waals surface area (Å²) >= 11 is 0. The molecule has 0 aromatic heterocycles. The van der Waals surface area contributed by atoms with Crippen molar-refractivity contribution in [2.75, 3.05) is 13.7 Å². The minimum absolute atomic E-state index is 0.0948. The molecular weight excluding hydrogens is 266 g/mol. The van der Waals surface area contributed by atoms with Crippen LogP contribution in [0.1, 0.15) is 39.5 Å². The maximum absolute atomic E-state index is 12.6. The Bertz CT molecular complexity index is 458. The molecule has 0 N–H and O–H groups in total. The molecule has 1 saturated heterocycles. The van der Waals surface area contributed by atoms with Crippen LogP contribution in [0, 0.1) is 0 Å². The lowest BCUT2D eigenvalue weighted by Gasteiger charge is -2.36. The second-order valence-electron chi connectivity index (χ2n) is 5.53. The number of carbonyl (C=O) groups is 1. The first-order valence-corrected chi connectivity index (χ1v) is 7.77. The van der Waals surface area contributed by atoms with Crippen molar-refractivity contribution in [3.8, 4) is 11.5 Å². The van der Waals surface area contributed by atoms with E-state index in [1.165, 1.54) is 6.42 Å². The number of likely N-dealkylation sites (tertiary alicyclic amines) is 1. The van der Waals surface area contributed by atoms with E-state index in [1.54, 1.807) is 7.11 Å². The van der Waals surface area contributed by atoms with E-state index in [4.69, 9.17) is 9.47 Å². The highest BCUT2D eigenvalue weighted by Gasteiger charge is 2.29. The lowest BCUT2D eigenvalue weighted by atomic mass is 9.99. The maximum Gasteiger partial charge on any atom is 0.263 e. The SMILES string of the molecule is CCC1CCCCN1C(=O)C(C)Oc1ccc(OC)cc1. The number of benzene rings is 1. The van der Waals surface area contributed by atoms with Gasteiger partial charge in [-0.25, -0.2) is 0 Å². The monoisotopic (exact) mass is 291 g/mol. The van der Waals surface area contributed by atoms with Crippen LogP contribution in [0.4, 0.5) is 0 Å². The number of nitrogens with zero attached hydrogens (tertiary/aromatic N) is 1. The van der Waals surface area contributed by atoms with Crippen molar-refractivity contribution in [3.63, 3.8) is 0 Å². The third kappa shape index (κ3) is 3.90. The number of rotatable bonds is 5. The highest BCUT2D eigenvalue weighted by Crippen LogP contribution is 2.22. The van der Waals surface area contributed by atoms with Gasteiger partial charge in [0.1, 0.15) is 11.5 Å². The molecular formula is C17H25NO3. The van der Waals surface area contributed by atoms with Crippen LogP contribution in [0.5, 0.6) is 11.5 Å². The summed E-state index contributed by atoms with van der Waals surface area (Å²) in [5.74, 6) is 1.57. The molecule has 0 aliphatic carbocycles. The molecule has 116 valence electrons. The van der Waals surface area contributed by atoms with Gasteiger partial charge in [0.05, 0.1) is 7.11 Å². The van der Waals surface area contributed by atoms with E-state index in [9.17, 15) is 4.79 Å². The summed E-state index contributed by atoms with van der Waals surface area (Å²) in [4.78, 5) is 14.6. The highest BCUT2D eigenvalue weighted by atomic mass is 16.5. The van der Waals surface area contributed by atoms with Crippen molar-refractivity contribution in [2.45, 2.75) is 51.7 Å². The van der Waals surface area contributed by atoms with Crippen LogP contribution in [-0.2, 0) is 4.79 Å². The van der Waals surface area contributed by atoms with Crippen molar-refractivity contribution in [1.82, 2.24) is 4.90 Å². The van der Waals surface area contributed by atoms with Crippen molar-refractivity contribution < 1.29 is 14.3 Å². The van der Waals surface area contributed by atoms with Crippen molar-refractivity contribution >= 4 is 5.91 Å². The molecule has 1 aromatic carbocycles. The molecule has 21 heavy (non-hydrogen) atoms. The maximum atomic E-state index is 12.6. The van der Waals surface area contributed by atoms with Crippen LogP contribution in [0.25, 0.3) is 0 Å². The van der Waals surface area contributed by atoms with E-state index in [0.717, 1.165) is 31.6 Å². The molecule has 1 aromatic rings. The Hall–Kier alpha value is -1.71. The van der Waals surface area contributed by atoms with E-state index in [1.807, 2.05) is 36.1 Å². The molecule has 1 aliphatic heterocycles. The molecule has 4 heteroatoms.